The Balaban J connectivity index is 2.04. The van der Waals surface area contributed by atoms with Crippen LogP contribution < -0.4 is 15.1 Å². The third-order valence-corrected chi connectivity index (χ3v) is 11.5. The Morgan fingerprint density at radius 1 is 0.696 bits per heavy atom. The molecule has 0 radical (unpaired) electrons. The Morgan fingerprint density at radius 2 is 1.09 bits per heavy atom. The second-order valence-electron chi connectivity index (χ2n) is 5.05. The summed E-state index contributed by atoms with van der Waals surface area (Å²) in [7, 11) is -2.89. The monoisotopic (exact) mass is 406 g/mol. The molecule has 3 aromatic carbocycles. The fourth-order valence-corrected chi connectivity index (χ4v) is 9.95. The maximum absolute atomic E-state index is 14.0. The summed E-state index contributed by atoms with van der Waals surface area (Å²) in [6, 6.07) is 29.3. The molecule has 23 heavy (non-hydrogen) atoms. The molecule has 1 nitrogen and oxygen atoms in total. The quantitative estimate of drug-likeness (QED) is 0.360. The van der Waals surface area contributed by atoms with Gasteiger partial charge in [0, 0.05) is 0 Å². The fraction of sp³-hybridized carbons (Fsp3) is 0.0526. The van der Waals surface area contributed by atoms with Gasteiger partial charge in [-0.3, -0.25) is 0 Å². The van der Waals surface area contributed by atoms with Gasteiger partial charge in [0.1, 0.15) is 0 Å². The van der Waals surface area contributed by atoms with E-state index in [1.165, 1.54) is 0 Å². The molecule has 0 fully saturated rings. The molecular weight excluding hydrogens is 390 g/mol. The second kappa shape index (κ2) is 7.51. The fourth-order valence-electron chi connectivity index (χ4n) is 2.37. The van der Waals surface area contributed by atoms with Gasteiger partial charge >= 0.3 is 148 Å². The molecule has 0 spiro atoms. The van der Waals surface area contributed by atoms with Gasteiger partial charge in [0.15, 0.2) is 0 Å². The molecule has 1 atom stereocenters. The Bertz CT molecular complexity index is 750. The molecule has 4 heteroatoms. The SMILES string of the molecule is O=P(c1ccccc1)(c1ccccc1)C(Cl)[Se]c1ccccc1. The molecule has 3 rings (SSSR count). The summed E-state index contributed by atoms with van der Waals surface area (Å²) in [4.78, 5) is 0. The van der Waals surface area contributed by atoms with E-state index in [0.717, 1.165) is 15.1 Å². The summed E-state index contributed by atoms with van der Waals surface area (Å²) in [5.74, 6) is 0. The van der Waals surface area contributed by atoms with Crippen molar-refractivity contribution in [1.29, 1.82) is 0 Å². The second-order valence-corrected chi connectivity index (χ2v) is 12.5. The standard InChI is InChI=1S/C19H16ClOPSe/c20-19(23-18-14-8-3-9-15-18)22(21,16-10-4-1-5-11-16)17-12-6-2-7-13-17/h1-15,19H. The maximum atomic E-state index is 14.0. The first kappa shape index (κ1) is 16.6. The predicted octanol–water partition coefficient (Wildman–Crippen LogP) is 3.55. The van der Waals surface area contributed by atoms with E-state index in [2.05, 4.69) is 12.1 Å². The molecule has 0 N–H and O–H groups in total. The average Bonchev–Trinajstić information content (AvgIpc) is 2.63. The van der Waals surface area contributed by atoms with E-state index in [4.69, 9.17) is 11.6 Å². The van der Waals surface area contributed by atoms with E-state index in [-0.39, 0.29) is 15.0 Å². The Labute approximate surface area is 148 Å². The molecule has 0 saturated heterocycles. The first-order valence-corrected chi connectivity index (χ1v) is 11.3. The van der Waals surface area contributed by atoms with Gasteiger partial charge in [-0.15, -0.1) is 0 Å². The Kier molecular flexibility index (Phi) is 5.41. The average molecular weight is 406 g/mol. The summed E-state index contributed by atoms with van der Waals surface area (Å²) in [5, 5.41) is 1.65. The first-order valence-electron chi connectivity index (χ1n) is 7.28. The van der Waals surface area contributed by atoms with Gasteiger partial charge in [0.05, 0.1) is 0 Å². The van der Waals surface area contributed by atoms with E-state index in [1.807, 2.05) is 78.9 Å². The molecule has 0 aliphatic heterocycles. The zero-order valence-corrected chi connectivity index (χ0v) is 15.7. The molecule has 3 aromatic rings. The minimum absolute atomic E-state index is 0.0793. The van der Waals surface area contributed by atoms with Crippen LogP contribution >= 0.6 is 18.7 Å². The molecular formula is C19H16ClOPSe. The van der Waals surface area contributed by atoms with E-state index in [9.17, 15) is 4.57 Å². The summed E-state index contributed by atoms with van der Waals surface area (Å²) < 4.78 is 14.7. The molecule has 0 amide bonds. The van der Waals surface area contributed by atoms with Gasteiger partial charge in [0.2, 0.25) is 0 Å². The number of halogens is 1. The van der Waals surface area contributed by atoms with E-state index in [0.29, 0.717) is 0 Å². The number of rotatable bonds is 5. The van der Waals surface area contributed by atoms with Gasteiger partial charge in [-0.1, -0.05) is 0 Å². The summed E-state index contributed by atoms with van der Waals surface area (Å²) in [6.07, 6.45) is 0. The predicted molar refractivity (Wildman–Crippen MR) is 101 cm³/mol. The van der Waals surface area contributed by atoms with Crippen LogP contribution in [0.1, 0.15) is 0 Å². The van der Waals surface area contributed by atoms with Crippen LogP contribution in [0.15, 0.2) is 91.0 Å². The van der Waals surface area contributed by atoms with Crippen molar-refractivity contribution in [3.8, 4) is 0 Å². The Hall–Kier alpha value is -1.30. The first-order chi connectivity index (χ1) is 11.2. The van der Waals surface area contributed by atoms with E-state index < -0.39 is 11.2 Å². The van der Waals surface area contributed by atoms with Crippen LogP contribution in [0.25, 0.3) is 0 Å². The number of alkyl halides is 1. The molecule has 0 bridgehead atoms. The number of hydrogen-bond donors (Lipinski definition) is 0. The molecule has 0 aliphatic rings. The van der Waals surface area contributed by atoms with Crippen molar-refractivity contribution in [3.05, 3.63) is 91.0 Å². The van der Waals surface area contributed by atoms with Crippen molar-refractivity contribution in [3.63, 3.8) is 0 Å². The summed E-state index contributed by atoms with van der Waals surface area (Å²) >= 11 is 6.68. The van der Waals surface area contributed by atoms with Crippen LogP contribution in [0.5, 0.6) is 0 Å². The van der Waals surface area contributed by atoms with Crippen molar-refractivity contribution in [2.75, 3.05) is 0 Å². The van der Waals surface area contributed by atoms with Crippen LogP contribution in [-0.4, -0.2) is 19.0 Å². The zero-order chi connectivity index (χ0) is 16.1. The minimum atomic E-state index is -2.89. The van der Waals surface area contributed by atoms with Crippen molar-refractivity contribution in [1.82, 2.24) is 0 Å². The van der Waals surface area contributed by atoms with Crippen molar-refractivity contribution in [2.45, 2.75) is 4.02 Å². The van der Waals surface area contributed by atoms with Crippen LogP contribution in [-0.2, 0) is 4.57 Å². The molecule has 0 saturated carbocycles. The van der Waals surface area contributed by atoms with Crippen LogP contribution in [0.4, 0.5) is 0 Å². The molecule has 0 aliphatic carbocycles. The van der Waals surface area contributed by atoms with E-state index >= 15 is 0 Å². The normalized spacial score (nSPS) is 12.7. The van der Waals surface area contributed by atoms with Crippen molar-refractivity contribution < 1.29 is 4.57 Å². The topological polar surface area (TPSA) is 17.1 Å². The molecule has 0 heterocycles. The third-order valence-electron chi connectivity index (χ3n) is 3.54. The van der Waals surface area contributed by atoms with Crippen molar-refractivity contribution >= 4 is 48.8 Å². The van der Waals surface area contributed by atoms with Crippen LogP contribution in [0.3, 0.4) is 0 Å². The van der Waals surface area contributed by atoms with Gasteiger partial charge in [-0.2, -0.15) is 0 Å². The summed E-state index contributed by atoms with van der Waals surface area (Å²) in [5.41, 5.74) is 0. The zero-order valence-electron chi connectivity index (χ0n) is 12.4. The van der Waals surface area contributed by atoms with Crippen LogP contribution in [0, 0.1) is 0 Å². The summed E-state index contributed by atoms with van der Waals surface area (Å²) in [6.45, 7) is 0. The molecule has 116 valence electrons. The molecule has 0 aromatic heterocycles. The van der Waals surface area contributed by atoms with Gasteiger partial charge in [-0.25, -0.2) is 0 Å². The van der Waals surface area contributed by atoms with Gasteiger partial charge in [-0.05, 0) is 0 Å². The van der Waals surface area contributed by atoms with Crippen LogP contribution in [0.2, 0.25) is 0 Å². The Morgan fingerprint density at radius 3 is 1.52 bits per heavy atom. The third kappa shape index (κ3) is 3.62. The molecule has 1 unspecified atom stereocenters. The number of benzene rings is 3. The van der Waals surface area contributed by atoms with Gasteiger partial charge in [0.25, 0.3) is 0 Å². The van der Waals surface area contributed by atoms with Crippen molar-refractivity contribution in [2.24, 2.45) is 0 Å². The van der Waals surface area contributed by atoms with E-state index in [1.54, 1.807) is 0 Å². The number of hydrogen-bond acceptors (Lipinski definition) is 1. The van der Waals surface area contributed by atoms with Gasteiger partial charge < -0.3 is 0 Å².